The molecule has 1 aliphatic rings. The highest BCUT2D eigenvalue weighted by atomic mass is 19.2. The van der Waals surface area contributed by atoms with Crippen molar-refractivity contribution >= 4 is 35.2 Å². The number of hydrogen-bond acceptors (Lipinski definition) is 5. The summed E-state index contributed by atoms with van der Waals surface area (Å²) < 4.78 is 42.7. The van der Waals surface area contributed by atoms with E-state index in [9.17, 15) is 27.6 Å². The predicted molar refractivity (Wildman–Crippen MR) is 142 cm³/mol. The van der Waals surface area contributed by atoms with Gasteiger partial charge in [-0.05, 0) is 48.4 Å². The van der Waals surface area contributed by atoms with Gasteiger partial charge in [0.1, 0.15) is 17.2 Å². The Balaban J connectivity index is 1.25. The van der Waals surface area contributed by atoms with E-state index in [-0.39, 0.29) is 29.8 Å². The molecular weight excluding hydrogens is 525 g/mol. The molecule has 202 valence electrons. The van der Waals surface area contributed by atoms with E-state index < -0.39 is 34.8 Å². The summed E-state index contributed by atoms with van der Waals surface area (Å²) >= 11 is 0. The van der Waals surface area contributed by atoms with Crippen LogP contribution >= 0.6 is 0 Å². The molecule has 0 aliphatic carbocycles. The van der Waals surface area contributed by atoms with Crippen LogP contribution in [0.3, 0.4) is 0 Å². The summed E-state index contributed by atoms with van der Waals surface area (Å²) in [6.07, 6.45) is 8.48. The highest BCUT2D eigenvalue weighted by Crippen LogP contribution is 2.36. The fraction of sp³-hybridized carbons (Fsp3) is 0.107. The van der Waals surface area contributed by atoms with Gasteiger partial charge in [0.05, 0.1) is 24.1 Å². The van der Waals surface area contributed by atoms with Gasteiger partial charge in [0, 0.05) is 30.2 Å². The minimum absolute atomic E-state index is 0.00437. The molecule has 0 unspecified atom stereocenters. The number of hydrogen-bond donors (Lipinski definition) is 3. The molecule has 0 fully saturated rings. The fourth-order valence-electron chi connectivity index (χ4n) is 4.18. The first-order valence-corrected chi connectivity index (χ1v) is 12.0. The van der Waals surface area contributed by atoms with Crippen molar-refractivity contribution < 1.29 is 22.8 Å². The second-order valence-corrected chi connectivity index (χ2v) is 8.99. The van der Waals surface area contributed by atoms with E-state index in [0.717, 1.165) is 28.6 Å². The van der Waals surface area contributed by atoms with Crippen molar-refractivity contribution in [1.29, 1.82) is 0 Å². The molecule has 2 aromatic carbocycles. The number of halogens is 3. The second-order valence-electron chi connectivity index (χ2n) is 8.99. The normalized spacial score (nSPS) is 13.6. The molecule has 0 radical (unpaired) electrons. The molecule has 2 aromatic heterocycles. The zero-order chi connectivity index (χ0) is 28.4. The van der Waals surface area contributed by atoms with Crippen LogP contribution in [-0.4, -0.2) is 37.9 Å². The summed E-state index contributed by atoms with van der Waals surface area (Å²) in [4.78, 5) is 48.7. The van der Waals surface area contributed by atoms with Crippen molar-refractivity contribution in [3.8, 4) is 0 Å². The second kappa shape index (κ2) is 10.8. The summed E-state index contributed by atoms with van der Waals surface area (Å²) in [7, 11) is 0. The number of carbonyl (C=O) groups excluding carboxylic acids is 2. The van der Waals surface area contributed by atoms with Crippen LogP contribution in [0.25, 0.3) is 17.7 Å². The molecule has 3 heterocycles. The number of benzene rings is 2. The van der Waals surface area contributed by atoms with Gasteiger partial charge in [0.2, 0.25) is 0 Å². The summed E-state index contributed by atoms with van der Waals surface area (Å²) in [5, 5.41) is 5.20. The third kappa shape index (κ3) is 5.46. The Labute approximate surface area is 225 Å². The molecule has 5 rings (SSSR count). The molecule has 9 nitrogen and oxygen atoms in total. The van der Waals surface area contributed by atoms with Crippen molar-refractivity contribution in [3.05, 3.63) is 117 Å². The van der Waals surface area contributed by atoms with E-state index in [1.807, 2.05) is 6.92 Å². The number of H-pyrrole nitrogens is 1. The Morgan fingerprint density at radius 1 is 1.07 bits per heavy atom. The van der Waals surface area contributed by atoms with Crippen LogP contribution in [0.5, 0.6) is 0 Å². The Morgan fingerprint density at radius 3 is 2.65 bits per heavy atom. The molecule has 12 heteroatoms. The largest absolute Gasteiger partial charge is 0.348 e. The topological polar surface area (TPSA) is 122 Å². The molecule has 0 saturated heterocycles. The molecule has 3 N–H and O–H groups in total. The number of aromatic nitrogens is 4. The molecule has 0 spiro atoms. The number of imidazole rings is 1. The van der Waals surface area contributed by atoms with E-state index in [1.165, 1.54) is 24.5 Å². The molecule has 1 aliphatic heterocycles. The van der Waals surface area contributed by atoms with Crippen LogP contribution in [-0.2, 0) is 11.3 Å². The van der Waals surface area contributed by atoms with Crippen LogP contribution in [0.4, 0.5) is 18.9 Å². The lowest BCUT2D eigenvalue weighted by atomic mass is 10.0. The highest BCUT2D eigenvalue weighted by molar-refractivity contribution is 6.34. The maximum Gasteiger partial charge on any atom is 0.266 e. The first-order chi connectivity index (χ1) is 19.2. The number of carbonyl (C=O) groups is 2. The number of nitrogens with one attached hydrogen (secondary N) is 3. The molecule has 0 saturated carbocycles. The van der Waals surface area contributed by atoms with Gasteiger partial charge in [0.25, 0.3) is 17.4 Å². The molecule has 0 atom stereocenters. The van der Waals surface area contributed by atoms with Crippen molar-refractivity contribution in [2.24, 2.45) is 0 Å². The zero-order valence-electron chi connectivity index (χ0n) is 21.0. The van der Waals surface area contributed by atoms with Gasteiger partial charge in [-0.2, -0.15) is 0 Å². The van der Waals surface area contributed by atoms with E-state index in [2.05, 4.69) is 25.6 Å². The first kappa shape index (κ1) is 26.4. The van der Waals surface area contributed by atoms with Crippen LogP contribution in [0, 0.1) is 24.4 Å². The SMILES string of the molecule is Cc1cnc(/C=C2\C(=O)Nc3cc(/C=C/CNC(=O)c4cncn(Cc5ccc(F)c(F)c5)c4=O)cc(F)c32)[nH]1. The predicted octanol–water partition coefficient (Wildman–Crippen LogP) is 3.68. The number of aryl methyl sites for hydroxylation is 1. The smallest absolute Gasteiger partial charge is 0.266 e. The Bertz CT molecular complexity index is 1770. The first-order valence-electron chi connectivity index (χ1n) is 12.0. The number of anilines is 1. The molecule has 40 heavy (non-hydrogen) atoms. The standard InChI is InChI=1S/C28H21F3N6O3/c1-15-11-34-24(35-15)10-18-25-22(31)7-16(9-23(25)36-27(18)39)3-2-6-33-26(38)19-12-32-14-37(28(19)40)13-17-4-5-20(29)21(30)8-17/h2-5,7-12,14H,6,13H2,1H3,(H,33,38)(H,34,35)(H,36,39)/b3-2+,18-10-. The summed E-state index contributed by atoms with van der Waals surface area (Å²) in [6, 6.07) is 6.10. The van der Waals surface area contributed by atoms with Gasteiger partial charge < -0.3 is 15.6 Å². The summed E-state index contributed by atoms with van der Waals surface area (Å²) in [5.74, 6) is -3.39. The summed E-state index contributed by atoms with van der Waals surface area (Å²) in [6.45, 7) is 1.71. The van der Waals surface area contributed by atoms with Crippen molar-refractivity contribution in [3.63, 3.8) is 0 Å². The van der Waals surface area contributed by atoms with Crippen molar-refractivity contribution in [1.82, 2.24) is 24.8 Å². The minimum Gasteiger partial charge on any atom is -0.348 e. The summed E-state index contributed by atoms with van der Waals surface area (Å²) in [5.41, 5.74) is 1.25. The lowest BCUT2D eigenvalue weighted by molar-refractivity contribution is -0.110. The maximum absolute atomic E-state index is 15.0. The highest BCUT2D eigenvalue weighted by Gasteiger charge is 2.28. The van der Waals surface area contributed by atoms with Gasteiger partial charge in [0.15, 0.2) is 11.6 Å². The van der Waals surface area contributed by atoms with Gasteiger partial charge in [-0.15, -0.1) is 0 Å². The van der Waals surface area contributed by atoms with Gasteiger partial charge in [-0.25, -0.2) is 23.1 Å². The average molecular weight is 547 g/mol. The van der Waals surface area contributed by atoms with Gasteiger partial charge in [-0.3, -0.25) is 19.0 Å². The zero-order valence-corrected chi connectivity index (χ0v) is 21.0. The number of amides is 2. The number of aromatic amines is 1. The van der Waals surface area contributed by atoms with E-state index in [0.29, 0.717) is 22.6 Å². The Morgan fingerprint density at radius 2 is 1.90 bits per heavy atom. The third-order valence-electron chi connectivity index (χ3n) is 6.05. The maximum atomic E-state index is 15.0. The number of rotatable bonds is 7. The van der Waals surface area contributed by atoms with E-state index in [4.69, 9.17) is 0 Å². The van der Waals surface area contributed by atoms with Crippen LogP contribution in [0.1, 0.15) is 38.6 Å². The lowest BCUT2D eigenvalue weighted by Crippen LogP contribution is -2.33. The Hall–Kier alpha value is -5.26. The van der Waals surface area contributed by atoms with Crippen LogP contribution in [0.15, 0.2) is 59.9 Å². The van der Waals surface area contributed by atoms with Crippen molar-refractivity contribution in [2.75, 3.05) is 11.9 Å². The molecule has 0 bridgehead atoms. The van der Waals surface area contributed by atoms with Crippen LogP contribution in [0.2, 0.25) is 0 Å². The minimum atomic E-state index is -1.05. The van der Waals surface area contributed by atoms with Crippen LogP contribution < -0.4 is 16.2 Å². The third-order valence-corrected chi connectivity index (χ3v) is 6.05. The van der Waals surface area contributed by atoms with Gasteiger partial charge >= 0.3 is 0 Å². The van der Waals surface area contributed by atoms with E-state index >= 15 is 0 Å². The average Bonchev–Trinajstić information content (AvgIpc) is 3.47. The molecular formula is C28H21F3N6O3. The fourth-order valence-corrected chi connectivity index (χ4v) is 4.18. The lowest BCUT2D eigenvalue weighted by Gasteiger charge is -2.08. The quantitative estimate of drug-likeness (QED) is 0.306. The monoisotopic (exact) mass is 546 g/mol. The number of nitrogens with zero attached hydrogens (tertiary/aromatic N) is 3. The Kier molecular flexibility index (Phi) is 7.15. The number of fused-ring (bicyclic) bond motifs is 1. The van der Waals surface area contributed by atoms with Crippen molar-refractivity contribution in [2.45, 2.75) is 13.5 Å². The molecule has 4 aromatic rings. The molecule has 2 amide bonds. The van der Waals surface area contributed by atoms with E-state index in [1.54, 1.807) is 24.4 Å². The van der Waals surface area contributed by atoms with Gasteiger partial charge in [-0.1, -0.05) is 18.2 Å².